The molecule has 21 heavy (non-hydrogen) atoms. The maximum absolute atomic E-state index is 5.86. The van der Waals surface area contributed by atoms with Crippen molar-refractivity contribution in [2.75, 3.05) is 12.8 Å². The molecule has 3 rings (SSSR count). The normalized spacial score (nSPS) is 11.0. The van der Waals surface area contributed by atoms with E-state index in [4.69, 9.17) is 10.5 Å². The van der Waals surface area contributed by atoms with Gasteiger partial charge in [-0.15, -0.1) is 0 Å². The minimum atomic E-state index is 0.724. The Morgan fingerprint density at radius 2 is 2.05 bits per heavy atom. The molecule has 1 aromatic heterocycles. The van der Waals surface area contributed by atoms with Crippen LogP contribution in [0.4, 0.5) is 5.69 Å². The number of methoxy groups -OCH3 is 1. The molecule has 0 saturated carbocycles. The number of ether oxygens (including phenoxy) is 1. The summed E-state index contributed by atoms with van der Waals surface area (Å²) in [7, 11) is 1.67. The van der Waals surface area contributed by atoms with E-state index in [1.807, 2.05) is 30.3 Å². The molecular formula is C16H16BrN3O. The number of nitrogen functional groups attached to an aromatic ring is 1. The molecule has 0 fully saturated rings. The minimum absolute atomic E-state index is 0.724. The van der Waals surface area contributed by atoms with Gasteiger partial charge in [0.2, 0.25) is 0 Å². The monoisotopic (exact) mass is 345 g/mol. The summed E-state index contributed by atoms with van der Waals surface area (Å²) in [6.07, 6.45) is 0.837. The Hall–Kier alpha value is -2.01. The van der Waals surface area contributed by atoms with Gasteiger partial charge >= 0.3 is 0 Å². The smallest absolute Gasteiger partial charge is 0.122 e. The number of benzene rings is 2. The average molecular weight is 346 g/mol. The highest BCUT2D eigenvalue weighted by Gasteiger charge is 2.12. The quantitative estimate of drug-likeness (QED) is 0.731. The number of hydrogen-bond acceptors (Lipinski definition) is 3. The van der Waals surface area contributed by atoms with Crippen molar-refractivity contribution in [3.63, 3.8) is 0 Å². The van der Waals surface area contributed by atoms with Crippen molar-refractivity contribution < 1.29 is 4.74 Å². The summed E-state index contributed by atoms with van der Waals surface area (Å²) in [5.41, 5.74) is 9.55. The van der Waals surface area contributed by atoms with Gasteiger partial charge in [0.15, 0.2) is 0 Å². The van der Waals surface area contributed by atoms with Crippen molar-refractivity contribution in [1.29, 1.82) is 0 Å². The lowest BCUT2D eigenvalue weighted by molar-refractivity contribution is 0.414. The number of rotatable bonds is 3. The van der Waals surface area contributed by atoms with Crippen LogP contribution in [0.5, 0.6) is 5.75 Å². The van der Waals surface area contributed by atoms with E-state index >= 15 is 0 Å². The van der Waals surface area contributed by atoms with Crippen LogP contribution in [-0.4, -0.2) is 16.7 Å². The van der Waals surface area contributed by atoms with Crippen molar-refractivity contribution in [3.05, 3.63) is 46.7 Å². The van der Waals surface area contributed by atoms with Crippen LogP contribution in [0.15, 0.2) is 40.9 Å². The Labute approximate surface area is 131 Å². The van der Waals surface area contributed by atoms with Crippen LogP contribution in [0, 0.1) is 0 Å². The number of aryl methyl sites for hydroxylation is 1. The van der Waals surface area contributed by atoms with Crippen molar-refractivity contribution in [2.45, 2.75) is 13.3 Å². The van der Waals surface area contributed by atoms with Gasteiger partial charge in [0.1, 0.15) is 11.6 Å². The predicted octanol–water partition coefficient (Wildman–Crippen LogP) is 3.94. The standard InChI is InChI=1S/C16H16BrN3O/c1-3-16-19-14-8-11(18)4-5-15(14)20(16)12-6-10(17)7-13(9-12)21-2/h4-9H,3,18H2,1-2H3. The van der Waals surface area contributed by atoms with Crippen LogP contribution in [-0.2, 0) is 6.42 Å². The molecule has 0 aliphatic heterocycles. The second-order valence-electron chi connectivity index (χ2n) is 4.81. The Balaban J connectivity index is 2.30. The van der Waals surface area contributed by atoms with Gasteiger partial charge in [-0.2, -0.15) is 0 Å². The minimum Gasteiger partial charge on any atom is -0.497 e. The molecule has 3 aromatic rings. The fourth-order valence-corrected chi connectivity index (χ4v) is 2.93. The number of nitrogens with two attached hydrogens (primary N) is 1. The lowest BCUT2D eigenvalue weighted by Crippen LogP contribution is -2.00. The molecule has 108 valence electrons. The van der Waals surface area contributed by atoms with Crippen LogP contribution in [0.25, 0.3) is 16.7 Å². The van der Waals surface area contributed by atoms with E-state index in [1.165, 1.54) is 0 Å². The van der Waals surface area contributed by atoms with E-state index in [2.05, 4.69) is 38.5 Å². The third-order valence-electron chi connectivity index (χ3n) is 3.41. The van der Waals surface area contributed by atoms with E-state index in [-0.39, 0.29) is 0 Å². The highest BCUT2D eigenvalue weighted by Crippen LogP contribution is 2.28. The van der Waals surface area contributed by atoms with Crippen LogP contribution >= 0.6 is 15.9 Å². The zero-order chi connectivity index (χ0) is 15.0. The molecule has 0 amide bonds. The lowest BCUT2D eigenvalue weighted by atomic mass is 10.2. The van der Waals surface area contributed by atoms with Gasteiger partial charge in [0, 0.05) is 22.6 Å². The first-order valence-electron chi connectivity index (χ1n) is 6.74. The fraction of sp³-hybridized carbons (Fsp3) is 0.188. The SMILES string of the molecule is CCc1nc2cc(N)ccc2n1-c1cc(Br)cc(OC)c1. The highest BCUT2D eigenvalue weighted by atomic mass is 79.9. The van der Waals surface area contributed by atoms with Gasteiger partial charge in [-0.3, -0.25) is 4.57 Å². The first-order chi connectivity index (χ1) is 10.1. The van der Waals surface area contributed by atoms with Crippen molar-refractivity contribution in [2.24, 2.45) is 0 Å². The van der Waals surface area contributed by atoms with Crippen LogP contribution in [0.1, 0.15) is 12.7 Å². The largest absolute Gasteiger partial charge is 0.497 e. The Bertz CT molecular complexity index is 811. The molecule has 0 unspecified atom stereocenters. The maximum Gasteiger partial charge on any atom is 0.122 e. The Morgan fingerprint density at radius 1 is 1.24 bits per heavy atom. The van der Waals surface area contributed by atoms with Gasteiger partial charge in [-0.05, 0) is 30.3 Å². The molecule has 0 bridgehead atoms. The van der Waals surface area contributed by atoms with E-state index in [9.17, 15) is 0 Å². The summed E-state index contributed by atoms with van der Waals surface area (Å²) >= 11 is 3.53. The number of halogens is 1. The highest BCUT2D eigenvalue weighted by molar-refractivity contribution is 9.10. The Kier molecular flexibility index (Phi) is 3.59. The summed E-state index contributed by atoms with van der Waals surface area (Å²) in [5, 5.41) is 0. The predicted molar refractivity (Wildman–Crippen MR) is 89.1 cm³/mol. The molecular weight excluding hydrogens is 330 g/mol. The van der Waals surface area contributed by atoms with Gasteiger partial charge in [0.25, 0.3) is 0 Å². The summed E-state index contributed by atoms with van der Waals surface area (Å²) in [6, 6.07) is 11.8. The van der Waals surface area contributed by atoms with E-state index in [0.29, 0.717) is 0 Å². The maximum atomic E-state index is 5.86. The lowest BCUT2D eigenvalue weighted by Gasteiger charge is -2.11. The van der Waals surface area contributed by atoms with E-state index < -0.39 is 0 Å². The molecule has 0 aliphatic carbocycles. The zero-order valence-electron chi connectivity index (χ0n) is 11.9. The molecule has 1 heterocycles. The van der Waals surface area contributed by atoms with Gasteiger partial charge in [0.05, 0.1) is 23.8 Å². The molecule has 0 saturated heterocycles. The topological polar surface area (TPSA) is 53.1 Å². The van der Waals surface area contributed by atoms with Crippen molar-refractivity contribution in [1.82, 2.24) is 9.55 Å². The van der Waals surface area contributed by atoms with E-state index in [1.54, 1.807) is 7.11 Å². The third kappa shape index (κ3) is 2.49. The average Bonchev–Trinajstić information content (AvgIpc) is 2.83. The second kappa shape index (κ2) is 5.41. The van der Waals surface area contributed by atoms with E-state index in [0.717, 1.165) is 44.9 Å². The van der Waals surface area contributed by atoms with Crippen LogP contribution in [0.2, 0.25) is 0 Å². The number of anilines is 1. The number of nitrogens with zero attached hydrogens (tertiary/aromatic N) is 2. The molecule has 0 atom stereocenters. The molecule has 0 aliphatic rings. The summed E-state index contributed by atoms with van der Waals surface area (Å²) in [5.74, 6) is 1.80. The molecule has 0 spiro atoms. The number of fused-ring (bicyclic) bond motifs is 1. The molecule has 5 heteroatoms. The second-order valence-corrected chi connectivity index (χ2v) is 5.73. The fourth-order valence-electron chi connectivity index (χ4n) is 2.47. The molecule has 2 N–H and O–H groups in total. The first kappa shape index (κ1) is 13.9. The molecule has 4 nitrogen and oxygen atoms in total. The molecule has 2 aromatic carbocycles. The van der Waals surface area contributed by atoms with Crippen molar-refractivity contribution in [3.8, 4) is 11.4 Å². The van der Waals surface area contributed by atoms with Gasteiger partial charge in [-0.25, -0.2) is 4.98 Å². The zero-order valence-corrected chi connectivity index (χ0v) is 13.5. The third-order valence-corrected chi connectivity index (χ3v) is 3.87. The number of aromatic nitrogens is 2. The number of imidazole rings is 1. The van der Waals surface area contributed by atoms with Crippen molar-refractivity contribution >= 4 is 32.7 Å². The van der Waals surface area contributed by atoms with Crippen LogP contribution < -0.4 is 10.5 Å². The number of hydrogen-bond donors (Lipinski definition) is 1. The summed E-state index contributed by atoms with van der Waals surface area (Å²) in [6.45, 7) is 2.09. The molecule has 0 radical (unpaired) electrons. The van der Waals surface area contributed by atoms with Gasteiger partial charge < -0.3 is 10.5 Å². The Morgan fingerprint density at radius 3 is 2.76 bits per heavy atom. The van der Waals surface area contributed by atoms with Crippen LogP contribution in [0.3, 0.4) is 0 Å². The summed E-state index contributed by atoms with van der Waals surface area (Å²) < 4.78 is 8.46. The summed E-state index contributed by atoms with van der Waals surface area (Å²) in [4.78, 5) is 4.68. The van der Waals surface area contributed by atoms with Gasteiger partial charge in [-0.1, -0.05) is 22.9 Å². The first-order valence-corrected chi connectivity index (χ1v) is 7.53.